The van der Waals surface area contributed by atoms with Crippen LogP contribution in [0.25, 0.3) is 0 Å². The summed E-state index contributed by atoms with van der Waals surface area (Å²) < 4.78 is 4.71. The van der Waals surface area contributed by atoms with Crippen molar-refractivity contribution in [2.75, 3.05) is 7.11 Å². The molecule has 13 heavy (non-hydrogen) atoms. The Kier molecular flexibility index (Phi) is 5.71. The number of hydrogen-bond acceptors (Lipinski definition) is 3. The maximum atomic E-state index is 11.3. The fourth-order valence-corrected chi connectivity index (χ4v) is 1.25. The number of hydrogen-bond donors (Lipinski definition) is 1. The quantitative estimate of drug-likeness (QED) is 0.664. The first-order chi connectivity index (χ1) is 5.97. The van der Waals surface area contributed by atoms with E-state index >= 15 is 0 Å². The van der Waals surface area contributed by atoms with Gasteiger partial charge in [-0.2, -0.15) is 0 Å². The van der Waals surface area contributed by atoms with Crippen LogP contribution in [0, 0.1) is 5.92 Å². The fourth-order valence-electron chi connectivity index (χ4n) is 1.25. The Labute approximate surface area is 80.8 Å². The van der Waals surface area contributed by atoms with Gasteiger partial charge in [0, 0.05) is 6.04 Å². The molecule has 0 saturated heterocycles. The Balaban J connectivity index is 4.10. The Hall–Kier alpha value is -0.570. The van der Waals surface area contributed by atoms with Crippen molar-refractivity contribution in [3.8, 4) is 0 Å². The van der Waals surface area contributed by atoms with Crippen LogP contribution in [0.5, 0.6) is 0 Å². The molecule has 1 unspecified atom stereocenters. The van der Waals surface area contributed by atoms with Crippen LogP contribution in [0.4, 0.5) is 0 Å². The van der Waals surface area contributed by atoms with E-state index in [1.54, 1.807) is 0 Å². The molecule has 0 amide bonds. The number of rotatable bonds is 5. The van der Waals surface area contributed by atoms with E-state index in [0.717, 1.165) is 6.42 Å². The van der Waals surface area contributed by atoms with Crippen LogP contribution >= 0.6 is 0 Å². The molecule has 0 rings (SSSR count). The lowest BCUT2D eigenvalue weighted by Crippen LogP contribution is -2.42. The van der Waals surface area contributed by atoms with E-state index in [2.05, 4.69) is 19.2 Å². The van der Waals surface area contributed by atoms with E-state index in [-0.39, 0.29) is 12.0 Å². The summed E-state index contributed by atoms with van der Waals surface area (Å²) in [6.45, 7) is 8.24. The highest BCUT2D eigenvalue weighted by atomic mass is 16.5. The molecule has 1 atom stereocenters. The second-order valence-corrected chi connectivity index (χ2v) is 4.03. The second kappa shape index (κ2) is 5.97. The molecule has 0 bridgehead atoms. The lowest BCUT2D eigenvalue weighted by molar-refractivity contribution is -0.143. The zero-order chi connectivity index (χ0) is 10.4. The smallest absolute Gasteiger partial charge is 0.322 e. The maximum absolute atomic E-state index is 11.3. The van der Waals surface area contributed by atoms with Crippen LogP contribution in [-0.4, -0.2) is 25.2 Å². The molecule has 0 aliphatic carbocycles. The van der Waals surface area contributed by atoms with Crippen LogP contribution in [0.3, 0.4) is 0 Å². The number of esters is 1. The van der Waals surface area contributed by atoms with E-state index in [4.69, 9.17) is 4.74 Å². The van der Waals surface area contributed by atoms with Gasteiger partial charge in [0.25, 0.3) is 0 Å². The van der Waals surface area contributed by atoms with Crippen LogP contribution < -0.4 is 5.32 Å². The van der Waals surface area contributed by atoms with Gasteiger partial charge >= 0.3 is 5.97 Å². The molecular weight excluding hydrogens is 166 g/mol. The normalized spacial score (nSPS) is 13.5. The molecule has 0 saturated carbocycles. The SMILES string of the molecule is COC(=O)C(CC(C)C)NC(C)C. The molecule has 0 fully saturated rings. The molecule has 0 aliphatic heterocycles. The molecule has 0 radical (unpaired) electrons. The van der Waals surface area contributed by atoms with Crippen molar-refractivity contribution >= 4 is 5.97 Å². The van der Waals surface area contributed by atoms with E-state index < -0.39 is 0 Å². The van der Waals surface area contributed by atoms with Crippen molar-refractivity contribution in [3.63, 3.8) is 0 Å². The Morgan fingerprint density at radius 3 is 2.15 bits per heavy atom. The second-order valence-electron chi connectivity index (χ2n) is 4.03. The molecule has 0 aliphatic rings. The summed E-state index contributed by atoms with van der Waals surface area (Å²) in [6, 6.07) is 0.146. The molecule has 0 spiro atoms. The van der Waals surface area contributed by atoms with Gasteiger partial charge in [-0.05, 0) is 12.3 Å². The first kappa shape index (κ1) is 12.4. The Morgan fingerprint density at radius 2 is 1.85 bits per heavy atom. The third kappa shape index (κ3) is 5.64. The summed E-state index contributed by atoms with van der Waals surface area (Å²) in [5, 5.41) is 3.19. The third-order valence-corrected chi connectivity index (χ3v) is 1.73. The summed E-state index contributed by atoms with van der Waals surface area (Å²) in [6.07, 6.45) is 0.824. The largest absolute Gasteiger partial charge is 0.468 e. The predicted octanol–water partition coefficient (Wildman–Crippen LogP) is 1.57. The average Bonchev–Trinajstić information content (AvgIpc) is 2.00. The lowest BCUT2D eigenvalue weighted by atomic mass is 10.0. The van der Waals surface area contributed by atoms with Crippen molar-refractivity contribution in [2.24, 2.45) is 5.92 Å². The topological polar surface area (TPSA) is 38.3 Å². The van der Waals surface area contributed by atoms with Crippen LogP contribution in [0.2, 0.25) is 0 Å². The van der Waals surface area contributed by atoms with Crippen molar-refractivity contribution in [3.05, 3.63) is 0 Å². The summed E-state index contributed by atoms with van der Waals surface area (Å²) in [5.74, 6) is 0.331. The maximum Gasteiger partial charge on any atom is 0.322 e. The first-order valence-electron chi connectivity index (χ1n) is 4.81. The van der Waals surface area contributed by atoms with Gasteiger partial charge in [0.2, 0.25) is 0 Å². The van der Waals surface area contributed by atoms with Gasteiger partial charge in [0.15, 0.2) is 0 Å². The van der Waals surface area contributed by atoms with Crippen molar-refractivity contribution in [2.45, 2.75) is 46.2 Å². The number of nitrogens with one attached hydrogen (secondary N) is 1. The van der Waals surface area contributed by atoms with Gasteiger partial charge in [-0.15, -0.1) is 0 Å². The predicted molar refractivity (Wildman–Crippen MR) is 53.5 cm³/mol. The molecule has 3 nitrogen and oxygen atoms in total. The van der Waals surface area contributed by atoms with Gasteiger partial charge in [0.1, 0.15) is 6.04 Å². The van der Waals surface area contributed by atoms with Crippen LogP contribution in [0.1, 0.15) is 34.1 Å². The molecule has 0 heterocycles. The zero-order valence-corrected chi connectivity index (χ0v) is 9.26. The molecule has 1 N–H and O–H groups in total. The molecule has 3 heteroatoms. The first-order valence-corrected chi connectivity index (χ1v) is 4.81. The number of ether oxygens (including phenoxy) is 1. The van der Waals surface area contributed by atoms with E-state index in [0.29, 0.717) is 12.0 Å². The molecule has 0 aromatic rings. The van der Waals surface area contributed by atoms with Crippen molar-refractivity contribution in [1.29, 1.82) is 0 Å². The Bertz CT molecular complexity index is 145. The van der Waals surface area contributed by atoms with E-state index in [9.17, 15) is 4.79 Å². The minimum Gasteiger partial charge on any atom is -0.468 e. The Morgan fingerprint density at radius 1 is 1.31 bits per heavy atom. The summed E-state index contributed by atoms with van der Waals surface area (Å²) in [5.41, 5.74) is 0. The minimum atomic E-state index is -0.164. The lowest BCUT2D eigenvalue weighted by Gasteiger charge is -2.20. The van der Waals surface area contributed by atoms with Gasteiger partial charge in [-0.1, -0.05) is 27.7 Å². The molecule has 0 aromatic carbocycles. The van der Waals surface area contributed by atoms with Gasteiger partial charge < -0.3 is 10.1 Å². The highest BCUT2D eigenvalue weighted by molar-refractivity contribution is 5.75. The minimum absolute atomic E-state index is 0.162. The summed E-state index contributed by atoms with van der Waals surface area (Å²) in [4.78, 5) is 11.3. The van der Waals surface area contributed by atoms with E-state index in [1.807, 2.05) is 13.8 Å². The molecule has 78 valence electrons. The van der Waals surface area contributed by atoms with E-state index in [1.165, 1.54) is 7.11 Å². The molecular formula is C10H21NO2. The van der Waals surface area contributed by atoms with Gasteiger partial charge in [-0.25, -0.2) is 0 Å². The number of methoxy groups -OCH3 is 1. The monoisotopic (exact) mass is 187 g/mol. The highest BCUT2D eigenvalue weighted by Gasteiger charge is 2.20. The average molecular weight is 187 g/mol. The molecule has 0 aromatic heterocycles. The fraction of sp³-hybridized carbons (Fsp3) is 0.900. The van der Waals surface area contributed by atoms with Gasteiger partial charge in [-0.3, -0.25) is 4.79 Å². The number of carbonyl (C=O) groups excluding carboxylic acids is 1. The number of carbonyl (C=O) groups is 1. The third-order valence-electron chi connectivity index (χ3n) is 1.73. The summed E-state index contributed by atoms with van der Waals surface area (Å²) >= 11 is 0. The van der Waals surface area contributed by atoms with Crippen molar-refractivity contribution < 1.29 is 9.53 Å². The van der Waals surface area contributed by atoms with Gasteiger partial charge in [0.05, 0.1) is 7.11 Å². The highest BCUT2D eigenvalue weighted by Crippen LogP contribution is 2.06. The summed E-state index contributed by atoms with van der Waals surface area (Å²) in [7, 11) is 1.43. The zero-order valence-electron chi connectivity index (χ0n) is 9.26. The van der Waals surface area contributed by atoms with Crippen LogP contribution in [0.15, 0.2) is 0 Å². The standard InChI is InChI=1S/C10H21NO2/c1-7(2)6-9(10(12)13-5)11-8(3)4/h7-9,11H,6H2,1-5H3. The van der Waals surface area contributed by atoms with Crippen molar-refractivity contribution in [1.82, 2.24) is 5.32 Å². The van der Waals surface area contributed by atoms with Crippen LogP contribution in [-0.2, 0) is 9.53 Å².